The highest BCUT2D eigenvalue weighted by atomic mass is 15.1. The van der Waals surface area contributed by atoms with Gasteiger partial charge in [0, 0.05) is 6.04 Å². The highest BCUT2D eigenvalue weighted by Crippen LogP contribution is 2.18. The summed E-state index contributed by atoms with van der Waals surface area (Å²) in [6.45, 7) is 7.02. The average molecular weight is 574 g/mol. The van der Waals surface area contributed by atoms with E-state index in [4.69, 9.17) is 0 Å². The lowest BCUT2D eigenvalue weighted by Gasteiger charge is -2.24. The Balaban J connectivity index is 3.41. The van der Waals surface area contributed by atoms with E-state index in [1.807, 2.05) is 0 Å². The highest BCUT2D eigenvalue weighted by molar-refractivity contribution is 4.83. The van der Waals surface area contributed by atoms with Crippen LogP contribution in [0.2, 0.25) is 0 Å². The number of unbranched alkanes of at least 4 members (excludes halogenated alkanes) is 21. The smallest absolute Gasteiger partial charge is 0.00891 e. The van der Waals surface area contributed by atoms with Gasteiger partial charge in [0.1, 0.15) is 0 Å². The minimum absolute atomic E-state index is 0.804. The number of nitrogens with zero attached hydrogens (tertiary/aromatic N) is 1. The summed E-state index contributed by atoms with van der Waals surface area (Å²) < 4.78 is 0. The highest BCUT2D eigenvalue weighted by Gasteiger charge is 2.10. The van der Waals surface area contributed by atoms with Crippen molar-refractivity contribution >= 4 is 0 Å². The van der Waals surface area contributed by atoms with E-state index in [0.29, 0.717) is 0 Å². The summed E-state index contributed by atoms with van der Waals surface area (Å²) in [7, 11) is 4.58. The molecule has 0 bridgehead atoms. The zero-order chi connectivity index (χ0) is 30.1. The fourth-order valence-electron chi connectivity index (χ4n) is 6.01. The Morgan fingerprint density at radius 1 is 0.415 bits per heavy atom. The van der Waals surface area contributed by atoms with Gasteiger partial charge in [-0.15, -0.1) is 0 Å². The molecular formula is C40H79N. The Labute approximate surface area is 261 Å². The Hall–Kier alpha value is -0.560. The first kappa shape index (κ1) is 40.4. The fraction of sp³-hybridized carbons (Fsp3) is 0.900. The van der Waals surface area contributed by atoms with E-state index in [-0.39, 0.29) is 0 Å². The first-order valence-electron chi connectivity index (χ1n) is 19.1. The van der Waals surface area contributed by atoms with Crippen molar-refractivity contribution in [2.75, 3.05) is 14.1 Å². The van der Waals surface area contributed by atoms with E-state index < -0.39 is 0 Å². The molecule has 0 aliphatic heterocycles. The predicted molar refractivity (Wildman–Crippen MR) is 190 cm³/mol. The molecule has 0 N–H and O–H groups in total. The molecule has 0 aliphatic rings. The van der Waals surface area contributed by atoms with E-state index in [9.17, 15) is 0 Å². The zero-order valence-corrected chi connectivity index (χ0v) is 29.4. The van der Waals surface area contributed by atoms with Crippen molar-refractivity contribution in [3.8, 4) is 0 Å². The Morgan fingerprint density at radius 2 is 0.732 bits per heavy atom. The first-order chi connectivity index (χ1) is 20.1. The molecular weight excluding hydrogens is 494 g/mol. The molecule has 244 valence electrons. The quantitative estimate of drug-likeness (QED) is 0.0557. The summed E-state index contributed by atoms with van der Waals surface area (Å²) in [5, 5.41) is 0. The van der Waals surface area contributed by atoms with Crippen molar-refractivity contribution in [2.24, 2.45) is 5.92 Å². The molecule has 0 aliphatic carbocycles. The largest absolute Gasteiger partial charge is 0.306 e. The molecule has 0 rings (SSSR count). The molecule has 0 heterocycles. The van der Waals surface area contributed by atoms with Crippen molar-refractivity contribution in [3.63, 3.8) is 0 Å². The van der Waals surface area contributed by atoms with E-state index in [1.165, 1.54) is 186 Å². The lowest BCUT2D eigenvalue weighted by atomic mass is 9.99. The molecule has 2 unspecified atom stereocenters. The van der Waals surface area contributed by atoms with Crippen molar-refractivity contribution in [2.45, 2.75) is 213 Å². The molecule has 0 aromatic carbocycles. The van der Waals surface area contributed by atoms with E-state index in [2.05, 4.69) is 64.1 Å². The van der Waals surface area contributed by atoms with Crippen LogP contribution < -0.4 is 0 Å². The maximum Gasteiger partial charge on any atom is 0.00891 e. The summed E-state index contributed by atoms with van der Waals surface area (Å²) in [6.07, 6.45) is 50.3. The maximum absolute atomic E-state index is 2.49. The topological polar surface area (TPSA) is 3.24 Å². The fourth-order valence-corrected chi connectivity index (χ4v) is 6.01. The summed E-state index contributed by atoms with van der Waals surface area (Å²) in [4.78, 5) is 2.49. The van der Waals surface area contributed by atoms with Crippen molar-refractivity contribution in [3.05, 3.63) is 24.3 Å². The van der Waals surface area contributed by atoms with Gasteiger partial charge in [-0.3, -0.25) is 0 Å². The van der Waals surface area contributed by atoms with E-state index in [0.717, 1.165) is 12.0 Å². The van der Waals surface area contributed by atoms with E-state index >= 15 is 0 Å². The number of hydrogen-bond donors (Lipinski definition) is 0. The van der Waals surface area contributed by atoms with Crippen LogP contribution in [0.1, 0.15) is 207 Å². The van der Waals surface area contributed by atoms with Crippen LogP contribution in [0.15, 0.2) is 24.3 Å². The Morgan fingerprint density at radius 3 is 1.10 bits per heavy atom. The molecule has 0 radical (unpaired) electrons. The molecule has 2 atom stereocenters. The van der Waals surface area contributed by atoms with Gasteiger partial charge in [-0.05, 0) is 84.2 Å². The summed E-state index contributed by atoms with van der Waals surface area (Å²) >= 11 is 0. The monoisotopic (exact) mass is 574 g/mol. The van der Waals surface area contributed by atoms with Crippen LogP contribution in [-0.4, -0.2) is 25.0 Å². The van der Waals surface area contributed by atoms with Gasteiger partial charge in [0.2, 0.25) is 0 Å². The summed E-state index contributed by atoms with van der Waals surface area (Å²) in [5.74, 6) is 0.930. The third-order valence-corrected chi connectivity index (χ3v) is 9.37. The van der Waals surface area contributed by atoms with Crippen LogP contribution in [0.25, 0.3) is 0 Å². The molecule has 0 aromatic heterocycles. The van der Waals surface area contributed by atoms with Gasteiger partial charge in [0.15, 0.2) is 0 Å². The molecule has 1 heteroatoms. The van der Waals surface area contributed by atoms with Gasteiger partial charge in [-0.1, -0.05) is 167 Å². The third-order valence-electron chi connectivity index (χ3n) is 9.37. The summed E-state index contributed by atoms with van der Waals surface area (Å²) in [6, 6.07) is 0.804. The Kier molecular flexibility index (Phi) is 33.5. The second-order valence-corrected chi connectivity index (χ2v) is 13.7. The van der Waals surface area contributed by atoms with Crippen molar-refractivity contribution in [1.82, 2.24) is 4.90 Å². The van der Waals surface area contributed by atoms with Crippen LogP contribution in [0.4, 0.5) is 0 Å². The van der Waals surface area contributed by atoms with Gasteiger partial charge in [0.25, 0.3) is 0 Å². The van der Waals surface area contributed by atoms with Gasteiger partial charge in [-0.25, -0.2) is 0 Å². The van der Waals surface area contributed by atoms with Gasteiger partial charge in [-0.2, -0.15) is 0 Å². The molecule has 0 fully saturated rings. The minimum atomic E-state index is 0.804. The van der Waals surface area contributed by atoms with Crippen molar-refractivity contribution < 1.29 is 0 Å². The van der Waals surface area contributed by atoms with Crippen molar-refractivity contribution in [1.29, 1.82) is 0 Å². The van der Waals surface area contributed by atoms with Crippen LogP contribution in [0.5, 0.6) is 0 Å². The lowest BCUT2D eigenvalue weighted by molar-refractivity contribution is 0.251. The van der Waals surface area contributed by atoms with Crippen LogP contribution in [0.3, 0.4) is 0 Å². The number of hydrogen-bond acceptors (Lipinski definition) is 1. The molecule has 41 heavy (non-hydrogen) atoms. The lowest BCUT2D eigenvalue weighted by Crippen LogP contribution is -2.27. The van der Waals surface area contributed by atoms with Crippen LogP contribution >= 0.6 is 0 Å². The van der Waals surface area contributed by atoms with E-state index in [1.54, 1.807) is 0 Å². The molecule has 0 saturated carbocycles. The molecule has 0 saturated heterocycles. The SMILES string of the molecule is CCCCCCCCCCC(CCCCCCC/C=C\CCCCCC=CCCCCCCCC(C)CC)N(C)C. The maximum atomic E-state index is 2.49. The minimum Gasteiger partial charge on any atom is -0.306 e. The van der Waals surface area contributed by atoms with Gasteiger partial charge >= 0.3 is 0 Å². The molecule has 0 spiro atoms. The zero-order valence-electron chi connectivity index (χ0n) is 29.4. The molecule has 1 nitrogen and oxygen atoms in total. The van der Waals surface area contributed by atoms with Gasteiger partial charge in [0.05, 0.1) is 0 Å². The second-order valence-electron chi connectivity index (χ2n) is 13.7. The molecule has 0 amide bonds. The summed E-state index contributed by atoms with van der Waals surface area (Å²) in [5.41, 5.74) is 0. The Bertz CT molecular complexity index is 533. The predicted octanol–water partition coefficient (Wildman–Crippen LogP) is 14.0. The first-order valence-corrected chi connectivity index (χ1v) is 19.1. The van der Waals surface area contributed by atoms with Crippen LogP contribution in [-0.2, 0) is 0 Å². The number of allylic oxidation sites excluding steroid dienone is 4. The van der Waals surface area contributed by atoms with Crippen LogP contribution in [0, 0.1) is 5.92 Å². The normalized spacial score (nSPS) is 13.7. The number of rotatable bonds is 33. The standard InChI is InChI=1S/C40H79N/c1-6-8-9-10-11-28-31-34-37-40(41(4)5)38-35-32-29-26-24-22-20-18-16-14-12-13-15-17-19-21-23-25-27-30-33-36-39(3)7-2/h17-20,39-40H,6-16,21-38H2,1-5H3/b19-17?,20-18-. The molecule has 0 aromatic rings. The second kappa shape index (κ2) is 33.9. The average Bonchev–Trinajstić information content (AvgIpc) is 2.97. The third kappa shape index (κ3) is 32.2. The van der Waals surface area contributed by atoms with Gasteiger partial charge < -0.3 is 4.90 Å².